The Morgan fingerprint density at radius 1 is 0.862 bits per heavy atom. The number of anilines is 1. The van der Waals surface area contributed by atoms with Gasteiger partial charge < -0.3 is 15.2 Å². The van der Waals surface area contributed by atoms with Gasteiger partial charge in [-0.3, -0.25) is 0 Å². The molecule has 0 unspecified atom stereocenters. The van der Waals surface area contributed by atoms with Gasteiger partial charge in [-0.05, 0) is 42.7 Å². The van der Waals surface area contributed by atoms with E-state index < -0.39 is 0 Å². The predicted molar refractivity (Wildman–Crippen MR) is 114 cm³/mol. The number of nitrogens with zero attached hydrogens (tertiary/aromatic N) is 3. The average Bonchev–Trinajstić information content (AvgIpc) is 2.72. The standard InChI is InChI=1S/C23H22N4O2/c1-14(2)16-9-11-18(12-10-16)28-22-20(24)23(26-13-25-22)29-19-6-4-5-17-8-7-15(3)27-21(17)19/h4-14H,24H2,1-3H3. The van der Waals surface area contributed by atoms with Crippen molar-refractivity contribution in [1.82, 2.24) is 15.0 Å². The summed E-state index contributed by atoms with van der Waals surface area (Å²) in [5, 5.41) is 0.974. The molecular weight excluding hydrogens is 364 g/mol. The van der Waals surface area contributed by atoms with Crippen molar-refractivity contribution < 1.29 is 9.47 Å². The summed E-state index contributed by atoms with van der Waals surface area (Å²) in [4.78, 5) is 12.9. The molecule has 0 aliphatic carbocycles. The van der Waals surface area contributed by atoms with Crippen molar-refractivity contribution in [3.8, 4) is 23.3 Å². The molecule has 0 radical (unpaired) electrons. The summed E-state index contributed by atoms with van der Waals surface area (Å²) >= 11 is 0. The Kier molecular flexibility index (Phi) is 4.99. The summed E-state index contributed by atoms with van der Waals surface area (Å²) in [5.41, 5.74) is 9.34. The van der Waals surface area contributed by atoms with Crippen molar-refractivity contribution in [3.05, 3.63) is 72.2 Å². The fourth-order valence-corrected chi connectivity index (χ4v) is 2.96. The van der Waals surface area contributed by atoms with Crippen LogP contribution in [0.2, 0.25) is 0 Å². The van der Waals surface area contributed by atoms with Crippen molar-refractivity contribution in [3.63, 3.8) is 0 Å². The molecule has 0 saturated heterocycles. The number of hydrogen-bond acceptors (Lipinski definition) is 6. The summed E-state index contributed by atoms with van der Waals surface area (Å²) in [6, 6.07) is 17.5. The lowest BCUT2D eigenvalue weighted by atomic mass is 10.0. The first-order valence-corrected chi connectivity index (χ1v) is 9.44. The number of pyridine rings is 1. The van der Waals surface area contributed by atoms with Crippen LogP contribution in [-0.2, 0) is 0 Å². The van der Waals surface area contributed by atoms with Gasteiger partial charge in [-0.1, -0.05) is 44.2 Å². The lowest BCUT2D eigenvalue weighted by Gasteiger charge is -2.12. The van der Waals surface area contributed by atoms with Crippen molar-refractivity contribution in [2.24, 2.45) is 0 Å². The maximum atomic E-state index is 6.24. The van der Waals surface area contributed by atoms with Gasteiger partial charge in [0.25, 0.3) is 0 Å². The Morgan fingerprint density at radius 2 is 1.59 bits per heavy atom. The third-order valence-corrected chi connectivity index (χ3v) is 4.60. The average molecular weight is 386 g/mol. The number of nitrogens with two attached hydrogens (primary N) is 1. The van der Waals surface area contributed by atoms with Crippen LogP contribution in [0.3, 0.4) is 0 Å². The van der Waals surface area contributed by atoms with E-state index in [0.717, 1.165) is 16.6 Å². The van der Waals surface area contributed by atoms with E-state index in [4.69, 9.17) is 15.2 Å². The van der Waals surface area contributed by atoms with Gasteiger partial charge in [0.1, 0.15) is 17.6 Å². The number of benzene rings is 2. The van der Waals surface area contributed by atoms with E-state index in [-0.39, 0.29) is 17.4 Å². The van der Waals surface area contributed by atoms with Gasteiger partial charge in [-0.25, -0.2) is 4.98 Å². The Morgan fingerprint density at radius 3 is 2.31 bits per heavy atom. The molecule has 0 saturated carbocycles. The molecule has 2 aromatic heterocycles. The molecule has 0 aliphatic rings. The molecule has 0 bridgehead atoms. The van der Waals surface area contributed by atoms with Crippen LogP contribution in [0.15, 0.2) is 60.9 Å². The van der Waals surface area contributed by atoms with Crippen LogP contribution < -0.4 is 15.2 Å². The Labute approximate surface area is 169 Å². The van der Waals surface area contributed by atoms with E-state index in [0.29, 0.717) is 17.4 Å². The van der Waals surface area contributed by atoms with Crippen LogP contribution in [0.5, 0.6) is 23.3 Å². The number of aromatic nitrogens is 3. The molecule has 2 N–H and O–H groups in total. The van der Waals surface area contributed by atoms with Gasteiger partial charge >= 0.3 is 0 Å². The lowest BCUT2D eigenvalue weighted by molar-refractivity contribution is 0.440. The summed E-state index contributed by atoms with van der Waals surface area (Å²) in [7, 11) is 0. The molecule has 0 amide bonds. The number of fused-ring (bicyclic) bond motifs is 1. The van der Waals surface area contributed by atoms with Crippen LogP contribution in [0, 0.1) is 6.92 Å². The zero-order chi connectivity index (χ0) is 20.4. The molecule has 0 atom stereocenters. The maximum absolute atomic E-state index is 6.24. The second-order valence-electron chi connectivity index (χ2n) is 7.11. The molecule has 146 valence electrons. The highest BCUT2D eigenvalue weighted by Gasteiger charge is 2.14. The SMILES string of the molecule is Cc1ccc2cccc(Oc3ncnc(Oc4ccc(C(C)C)cc4)c3N)c2n1. The molecule has 29 heavy (non-hydrogen) atoms. The molecule has 0 spiro atoms. The van der Waals surface area contributed by atoms with E-state index in [9.17, 15) is 0 Å². The zero-order valence-electron chi connectivity index (χ0n) is 16.6. The van der Waals surface area contributed by atoms with Gasteiger partial charge in [-0.2, -0.15) is 9.97 Å². The van der Waals surface area contributed by atoms with Crippen molar-refractivity contribution in [2.75, 3.05) is 5.73 Å². The molecule has 4 rings (SSSR count). The first-order chi connectivity index (χ1) is 14.0. The van der Waals surface area contributed by atoms with Crippen molar-refractivity contribution in [1.29, 1.82) is 0 Å². The molecular formula is C23H22N4O2. The Balaban J connectivity index is 1.63. The molecule has 6 heteroatoms. The number of nitrogen functional groups attached to an aromatic ring is 1. The number of ether oxygens (including phenoxy) is 2. The van der Waals surface area contributed by atoms with Gasteiger partial charge in [0, 0.05) is 11.1 Å². The third kappa shape index (κ3) is 3.96. The molecule has 0 fully saturated rings. The molecule has 2 heterocycles. The first kappa shape index (κ1) is 18.7. The minimum Gasteiger partial charge on any atom is -0.437 e. The third-order valence-electron chi connectivity index (χ3n) is 4.60. The zero-order valence-corrected chi connectivity index (χ0v) is 16.6. The predicted octanol–water partition coefficient (Wildman–Crippen LogP) is 5.62. The van der Waals surface area contributed by atoms with E-state index in [1.54, 1.807) is 0 Å². The normalized spacial score (nSPS) is 11.0. The fourth-order valence-electron chi connectivity index (χ4n) is 2.96. The molecule has 4 aromatic rings. The second-order valence-corrected chi connectivity index (χ2v) is 7.11. The molecule has 2 aromatic carbocycles. The van der Waals surface area contributed by atoms with E-state index >= 15 is 0 Å². The largest absolute Gasteiger partial charge is 0.437 e. The van der Waals surface area contributed by atoms with E-state index in [1.807, 2.05) is 61.5 Å². The van der Waals surface area contributed by atoms with Crippen LogP contribution >= 0.6 is 0 Å². The Hall–Kier alpha value is -3.67. The minimum atomic E-state index is 0.226. The lowest BCUT2D eigenvalue weighted by Crippen LogP contribution is -2.01. The van der Waals surface area contributed by atoms with Gasteiger partial charge in [0.15, 0.2) is 11.4 Å². The van der Waals surface area contributed by atoms with Crippen molar-refractivity contribution in [2.45, 2.75) is 26.7 Å². The second kappa shape index (κ2) is 7.75. The quantitative estimate of drug-likeness (QED) is 0.479. The monoisotopic (exact) mass is 386 g/mol. The first-order valence-electron chi connectivity index (χ1n) is 9.44. The maximum Gasteiger partial charge on any atom is 0.249 e. The highest BCUT2D eigenvalue weighted by Crippen LogP contribution is 2.35. The van der Waals surface area contributed by atoms with E-state index in [1.165, 1.54) is 11.9 Å². The number of rotatable bonds is 5. The smallest absolute Gasteiger partial charge is 0.249 e. The highest BCUT2D eigenvalue weighted by atomic mass is 16.5. The van der Waals surface area contributed by atoms with E-state index in [2.05, 4.69) is 28.8 Å². The van der Waals surface area contributed by atoms with Crippen LogP contribution in [0.4, 0.5) is 5.69 Å². The van der Waals surface area contributed by atoms with Crippen LogP contribution in [0.25, 0.3) is 10.9 Å². The van der Waals surface area contributed by atoms with Gasteiger partial charge in [0.2, 0.25) is 11.8 Å². The fraction of sp³-hybridized carbons (Fsp3) is 0.174. The Bertz CT molecular complexity index is 1160. The summed E-state index contributed by atoms with van der Waals surface area (Å²) < 4.78 is 11.8. The number of hydrogen-bond donors (Lipinski definition) is 1. The van der Waals surface area contributed by atoms with Crippen molar-refractivity contribution >= 4 is 16.6 Å². The summed E-state index contributed by atoms with van der Waals surface area (Å²) in [6.07, 6.45) is 1.37. The van der Waals surface area contributed by atoms with Gasteiger partial charge in [0.05, 0.1) is 0 Å². The minimum absolute atomic E-state index is 0.226. The molecule has 0 aliphatic heterocycles. The summed E-state index contributed by atoms with van der Waals surface area (Å²) in [5.74, 6) is 2.14. The number of para-hydroxylation sites is 1. The summed E-state index contributed by atoms with van der Waals surface area (Å²) in [6.45, 7) is 6.23. The van der Waals surface area contributed by atoms with Crippen LogP contribution in [-0.4, -0.2) is 15.0 Å². The van der Waals surface area contributed by atoms with Crippen LogP contribution in [0.1, 0.15) is 31.0 Å². The molecule has 6 nitrogen and oxygen atoms in total. The van der Waals surface area contributed by atoms with Gasteiger partial charge in [-0.15, -0.1) is 0 Å². The topological polar surface area (TPSA) is 83.2 Å². The number of aryl methyl sites for hydroxylation is 1. The highest BCUT2D eigenvalue weighted by molar-refractivity contribution is 5.85.